The van der Waals surface area contributed by atoms with Crippen LogP contribution in [0.2, 0.25) is 0 Å². The van der Waals surface area contributed by atoms with Crippen LogP contribution >= 0.6 is 0 Å². The molecule has 1 aromatic rings. The van der Waals surface area contributed by atoms with E-state index in [1.54, 1.807) is 0 Å². The normalized spacial score (nSPS) is 9.40. The molecule has 1 rings (SSSR count). The van der Waals surface area contributed by atoms with Gasteiger partial charge in [-0.1, -0.05) is 0 Å². The van der Waals surface area contributed by atoms with Crippen molar-refractivity contribution >= 4 is 0 Å². The average molecular weight is 143 g/mol. The van der Waals surface area contributed by atoms with E-state index in [9.17, 15) is 9.18 Å². The van der Waals surface area contributed by atoms with Gasteiger partial charge in [0.05, 0.1) is 7.11 Å². The van der Waals surface area contributed by atoms with E-state index < -0.39 is 5.82 Å². The molecule has 1 aromatic heterocycles. The fraction of sp³-hybridized carbons (Fsp3) is 0.167. The molecule has 0 bridgehead atoms. The number of aromatic amines is 1. The van der Waals surface area contributed by atoms with Crippen molar-refractivity contribution in [2.24, 2.45) is 0 Å². The van der Waals surface area contributed by atoms with Crippen LogP contribution in [0.5, 0.6) is 5.88 Å². The number of rotatable bonds is 1. The summed E-state index contributed by atoms with van der Waals surface area (Å²) in [6.45, 7) is 0. The van der Waals surface area contributed by atoms with Crippen LogP contribution in [0.3, 0.4) is 0 Å². The lowest BCUT2D eigenvalue weighted by atomic mass is 10.5. The van der Waals surface area contributed by atoms with E-state index >= 15 is 0 Å². The molecule has 1 N–H and O–H groups in total. The molecule has 4 heteroatoms. The minimum Gasteiger partial charge on any atom is -0.480 e. The highest BCUT2D eigenvalue weighted by Crippen LogP contribution is 2.07. The van der Waals surface area contributed by atoms with Crippen LogP contribution in [0.4, 0.5) is 4.39 Å². The molecule has 3 nitrogen and oxygen atoms in total. The molecule has 0 aliphatic rings. The number of nitrogens with one attached hydrogen (secondary N) is 1. The lowest BCUT2D eigenvalue weighted by Gasteiger charge is -1.97. The molecule has 0 radical (unpaired) electrons. The van der Waals surface area contributed by atoms with Crippen molar-refractivity contribution in [1.82, 2.24) is 4.98 Å². The first kappa shape index (κ1) is 6.80. The molecular formula is C6H6FNO2. The van der Waals surface area contributed by atoms with Crippen molar-refractivity contribution < 1.29 is 9.13 Å². The van der Waals surface area contributed by atoms with Gasteiger partial charge in [-0.25, -0.2) is 4.39 Å². The number of ether oxygens (including phenoxy) is 1. The zero-order chi connectivity index (χ0) is 7.56. The largest absolute Gasteiger partial charge is 0.480 e. The second-order valence-electron chi connectivity index (χ2n) is 1.70. The number of halogens is 1. The highest BCUT2D eigenvalue weighted by Gasteiger charge is 1.99. The zero-order valence-electron chi connectivity index (χ0n) is 5.35. The van der Waals surface area contributed by atoms with Gasteiger partial charge in [0, 0.05) is 6.07 Å². The highest BCUT2D eigenvalue weighted by molar-refractivity contribution is 5.12. The molecule has 54 valence electrons. The van der Waals surface area contributed by atoms with Crippen molar-refractivity contribution in [2.45, 2.75) is 0 Å². The Morgan fingerprint density at radius 2 is 2.30 bits per heavy atom. The maximum Gasteiger partial charge on any atom is 0.250 e. The van der Waals surface area contributed by atoms with E-state index in [1.165, 1.54) is 7.11 Å². The van der Waals surface area contributed by atoms with Gasteiger partial charge in [0.15, 0.2) is 5.82 Å². The third-order valence-corrected chi connectivity index (χ3v) is 1.04. The second-order valence-corrected chi connectivity index (χ2v) is 1.70. The smallest absolute Gasteiger partial charge is 0.250 e. The first-order valence-electron chi connectivity index (χ1n) is 2.67. The van der Waals surface area contributed by atoms with E-state index in [1.807, 2.05) is 0 Å². The summed E-state index contributed by atoms with van der Waals surface area (Å²) >= 11 is 0. The molecule has 0 aromatic carbocycles. The third kappa shape index (κ3) is 1.15. The van der Waals surface area contributed by atoms with Crippen LogP contribution in [0.15, 0.2) is 16.9 Å². The minimum absolute atomic E-state index is 0.132. The Kier molecular flexibility index (Phi) is 1.71. The molecule has 0 aliphatic carbocycles. The quantitative estimate of drug-likeness (QED) is 0.622. The third-order valence-electron chi connectivity index (χ3n) is 1.04. The average Bonchev–Trinajstić information content (AvgIpc) is 1.94. The molecule has 0 saturated carbocycles. The molecule has 0 aliphatic heterocycles. The van der Waals surface area contributed by atoms with Gasteiger partial charge >= 0.3 is 0 Å². The summed E-state index contributed by atoms with van der Waals surface area (Å²) in [7, 11) is 1.29. The Morgan fingerprint density at radius 1 is 1.60 bits per heavy atom. The van der Waals surface area contributed by atoms with E-state index in [-0.39, 0.29) is 11.4 Å². The maximum absolute atomic E-state index is 12.5. The Hall–Kier alpha value is -1.32. The summed E-state index contributed by atoms with van der Waals surface area (Å²) < 4.78 is 17.0. The molecule has 1 heterocycles. The first-order valence-corrected chi connectivity index (χ1v) is 2.67. The molecular weight excluding hydrogens is 137 g/mol. The molecule has 0 fully saturated rings. The molecule has 0 saturated heterocycles. The zero-order valence-corrected chi connectivity index (χ0v) is 5.35. The van der Waals surface area contributed by atoms with Crippen molar-refractivity contribution in [3.05, 3.63) is 28.3 Å². The minimum atomic E-state index is -0.567. The summed E-state index contributed by atoms with van der Waals surface area (Å²) in [5.41, 5.74) is -0.377. The summed E-state index contributed by atoms with van der Waals surface area (Å²) in [5, 5.41) is 0. The Labute approximate surface area is 56.5 Å². The lowest BCUT2D eigenvalue weighted by molar-refractivity contribution is 0.368. The van der Waals surface area contributed by atoms with Gasteiger partial charge in [0.2, 0.25) is 5.88 Å². The van der Waals surface area contributed by atoms with Crippen LogP contribution < -0.4 is 10.3 Å². The maximum atomic E-state index is 12.5. The van der Waals surface area contributed by atoms with Gasteiger partial charge in [0.1, 0.15) is 0 Å². The monoisotopic (exact) mass is 143 g/mol. The fourth-order valence-corrected chi connectivity index (χ4v) is 0.586. The van der Waals surface area contributed by atoms with Crippen LogP contribution in [0.1, 0.15) is 0 Å². The van der Waals surface area contributed by atoms with Crippen LogP contribution in [-0.2, 0) is 0 Å². The summed E-state index contributed by atoms with van der Waals surface area (Å²) in [6, 6.07) is 2.15. The Morgan fingerprint density at radius 3 is 2.80 bits per heavy atom. The van der Waals surface area contributed by atoms with Gasteiger partial charge in [-0.3, -0.25) is 9.78 Å². The molecule has 0 atom stereocenters. The van der Waals surface area contributed by atoms with Crippen molar-refractivity contribution in [3.8, 4) is 5.88 Å². The number of hydrogen-bond donors (Lipinski definition) is 1. The van der Waals surface area contributed by atoms with Crippen LogP contribution in [-0.4, -0.2) is 12.1 Å². The molecule has 0 amide bonds. The topological polar surface area (TPSA) is 42.1 Å². The van der Waals surface area contributed by atoms with Crippen molar-refractivity contribution in [2.75, 3.05) is 7.11 Å². The summed E-state index contributed by atoms with van der Waals surface area (Å²) in [4.78, 5) is 12.7. The SMILES string of the molecule is COc1[nH]c(=O)ccc1F. The fourth-order valence-electron chi connectivity index (χ4n) is 0.586. The van der Waals surface area contributed by atoms with Gasteiger partial charge in [0.25, 0.3) is 5.56 Å². The predicted molar refractivity (Wildman–Crippen MR) is 33.6 cm³/mol. The second kappa shape index (κ2) is 2.51. The van der Waals surface area contributed by atoms with Crippen LogP contribution in [0.25, 0.3) is 0 Å². The number of aromatic nitrogens is 1. The summed E-state index contributed by atoms with van der Waals surface area (Å²) in [6.07, 6.45) is 0. The first-order chi connectivity index (χ1) is 4.74. The van der Waals surface area contributed by atoms with Gasteiger partial charge in [-0.05, 0) is 6.07 Å². The molecule has 10 heavy (non-hydrogen) atoms. The van der Waals surface area contributed by atoms with Crippen LogP contribution in [0, 0.1) is 5.82 Å². The Balaban J connectivity index is 3.22. The molecule has 0 unspecified atom stereocenters. The van der Waals surface area contributed by atoms with Gasteiger partial charge in [-0.2, -0.15) is 0 Å². The van der Waals surface area contributed by atoms with Gasteiger partial charge < -0.3 is 4.74 Å². The van der Waals surface area contributed by atoms with Crippen molar-refractivity contribution in [3.63, 3.8) is 0 Å². The molecule has 0 spiro atoms. The van der Waals surface area contributed by atoms with E-state index in [0.717, 1.165) is 12.1 Å². The number of hydrogen-bond acceptors (Lipinski definition) is 2. The van der Waals surface area contributed by atoms with E-state index in [4.69, 9.17) is 0 Å². The highest BCUT2D eigenvalue weighted by atomic mass is 19.1. The summed E-state index contributed by atoms with van der Waals surface area (Å²) in [5.74, 6) is -0.699. The number of pyridine rings is 1. The number of H-pyrrole nitrogens is 1. The van der Waals surface area contributed by atoms with Crippen molar-refractivity contribution in [1.29, 1.82) is 0 Å². The van der Waals surface area contributed by atoms with E-state index in [0.29, 0.717) is 0 Å². The Bertz CT molecular complexity index is 281. The predicted octanol–water partition coefficient (Wildman–Crippen LogP) is 0.523. The number of methoxy groups -OCH3 is 1. The lowest BCUT2D eigenvalue weighted by Crippen LogP contribution is -2.06. The standard InChI is InChI=1S/C6H6FNO2/c1-10-6-4(7)2-3-5(9)8-6/h2-3H,1H3,(H,8,9). The van der Waals surface area contributed by atoms with E-state index in [2.05, 4.69) is 9.72 Å². The van der Waals surface area contributed by atoms with Gasteiger partial charge in [-0.15, -0.1) is 0 Å².